The average molecular weight is 609 g/mol. The second-order valence-electron chi connectivity index (χ2n) is 11.9. The van der Waals surface area contributed by atoms with Gasteiger partial charge in [-0.2, -0.15) is 5.26 Å². The number of hydrogen-bond acceptors (Lipinski definition) is 7. The van der Waals surface area contributed by atoms with Crippen molar-refractivity contribution in [2.45, 2.75) is 51.9 Å². The summed E-state index contributed by atoms with van der Waals surface area (Å²) in [5.74, 6) is 1.31. The Morgan fingerprint density at radius 2 is 1.71 bits per heavy atom. The van der Waals surface area contributed by atoms with Gasteiger partial charge < -0.3 is 24.4 Å². The number of nitriles is 1. The molecule has 8 nitrogen and oxygen atoms in total. The van der Waals surface area contributed by atoms with Gasteiger partial charge in [0.1, 0.15) is 29.9 Å². The van der Waals surface area contributed by atoms with Crippen LogP contribution in [0.25, 0.3) is 22.3 Å². The van der Waals surface area contributed by atoms with Crippen LogP contribution in [0.2, 0.25) is 0 Å². The number of ether oxygens (including phenoxy) is 3. The molecule has 45 heavy (non-hydrogen) atoms. The zero-order valence-electron chi connectivity index (χ0n) is 26.0. The van der Waals surface area contributed by atoms with Crippen LogP contribution in [0.3, 0.4) is 0 Å². The Kier molecular flexibility index (Phi) is 9.53. The van der Waals surface area contributed by atoms with Crippen molar-refractivity contribution < 1.29 is 23.4 Å². The fourth-order valence-corrected chi connectivity index (χ4v) is 5.28. The maximum absolute atomic E-state index is 14.9. The van der Waals surface area contributed by atoms with Gasteiger partial charge in [0.2, 0.25) is 0 Å². The lowest BCUT2D eigenvalue weighted by Crippen LogP contribution is -2.46. The van der Waals surface area contributed by atoms with Crippen molar-refractivity contribution in [1.29, 1.82) is 5.26 Å². The minimum Gasteiger partial charge on any atom is -0.493 e. The largest absolute Gasteiger partial charge is 0.493 e. The molecule has 9 heteroatoms. The van der Waals surface area contributed by atoms with Crippen molar-refractivity contribution in [3.63, 3.8) is 0 Å². The summed E-state index contributed by atoms with van der Waals surface area (Å²) in [5.41, 5.74) is 3.42. The molecule has 0 unspecified atom stereocenters. The Labute approximate surface area is 263 Å². The number of pyridine rings is 1. The molecular formula is C36H37FN4O4. The van der Waals surface area contributed by atoms with Gasteiger partial charge in [0.15, 0.2) is 11.5 Å². The summed E-state index contributed by atoms with van der Waals surface area (Å²) < 4.78 is 32.0. The summed E-state index contributed by atoms with van der Waals surface area (Å²) in [5, 5.41) is 12.3. The van der Waals surface area contributed by atoms with Gasteiger partial charge in [0.25, 0.3) is 0 Å². The van der Waals surface area contributed by atoms with Gasteiger partial charge in [-0.1, -0.05) is 42.5 Å². The molecule has 1 aliphatic rings. The Hall–Kier alpha value is -5.10. The van der Waals surface area contributed by atoms with Gasteiger partial charge in [0, 0.05) is 30.9 Å². The smallest absolute Gasteiger partial charge is 0.407 e. The van der Waals surface area contributed by atoms with Gasteiger partial charge in [-0.05, 0) is 86.2 Å². The van der Waals surface area contributed by atoms with Gasteiger partial charge in [-0.3, -0.25) is 0 Å². The number of piperidine rings is 1. The van der Waals surface area contributed by atoms with Crippen LogP contribution in [0.5, 0.6) is 11.5 Å². The number of alkyl carbamates (subject to hydrolysis) is 1. The number of hydrogen-bond donors (Lipinski definition) is 1. The van der Waals surface area contributed by atoms with E-state index in [4.69, 9.17) is 19.2 Å². The first-order chi connectivity index (χ1) is 21.6. The summed E-state index contributed by atoms with van der Waals surface area (Å²) in [6.07, 6.45) is 2.82. The van der Waals surface area contributed by atoms with E-state index in [2.05, 4.69) is 10.2 Å². The molecule has 2 heterocycles. The summed E-state index contributed by atoms with van der Waals surface area (Å²) >= 11 is 0. The van der Waals surface area contributed by atoms with Crippen LogP contribution in [0.15, 0.2) is 79.0 Å². The molecule has 1 aromatic heterocycles. The van der Waals surface area contributed by atoms with E-state index in [1.165, 1.54) is 12.1 Å². The first-order valence-corrected chi connectivity index (χ1v) is 14.9. The third-order valence-electron chi connectivity index (χ3n) is 7.54. The molecule has 1 aliphatic heterocycles. The van der Waals surface area contributed by atoms with Crippen LogP contribution < -0.4 is 19.7 Å². The summed E-state index contributed by atoms with van der Waals surface area (Å²) in [7, 11) is 1.60. The lowest BCUT2D eigenvalue weighted by molar-refractivity contribution is 0.0497. The molecular weight excluding hydrogens is 571 g/mol. The summed E-state index contributed by atoms with van der Waals surface area (Å²) in [6, 6.07) is 24.0. The molecule has 1 amide bonds. The number of aromatic nitrogens is 1. The number of methoxy groups -OCH3 is 1. The van der Waals surface area contributed by atoms with Crippen molar-refractivity contribution in [2.24, 2.45) is 0 Å². The summed E-state index contributed by atoms with van der Waals surface area (Å²) in [4.78, 5) is 19.2. The topological polar surface area (TPSA) is 96.7 Å². The van der Waals surface area contributed by atoms with Crippen LogP contribution in [-0.4, -0.2) is 42.9 Å². The van der Waals surface area contributed by atoms with E-state index < -0.39 is 17.5 Å². The molecule has 0 radical (unpaired) electrons. The van der Waals surface area contributed by atoms with Crippen LogP contribution in [-0.2, 0) is 11.3 Å². The van der Waals surface area contributed by atoms with E-state index in [1.54, 1.807) is 19.4 Å². The van der Waals surface area contributed by atoms with Crippen molar-refractivity contribution in [3.05, 3.63) is 95.9 Å². The van der Waals surface area contributed by atoms with Crippen LogP contribution in [0.1, 0.15) is 44.7 Å². The highest BCUT2D eigenvalue weighted by Crippen LogP contribution is 2.39. The molecule has 0 aliphatic carbocycles. The molecule has 1 fully saturated rings. The number of anilines is 1. The zero-order chi connectivity index (χ0) is 32.0. The Balaban J connectivity index is 1.44. The predicted molar refractivity (Wildman–Crippen MR) is 172 cm³/mol. The number of nitrogens with one attached hydrogen (secondary N) is 1. The van der Waals surface area contributed by atoms with Crippen molar-refractivity contribution in [3.8, 4) is 39.8 Å². The number of rotatable bonds is 8. The highest BCUT2D eigenvalue weighted by atomic mass is 19.1. The van der Waals surface area contributed by atoms with E-state index in [1.807, 2.05) is 81.4 Å². The molecule has 3 aromatic carbocycles. The first-order valence-electron chi connectivity index (χ1n) is 14.9. The van der Waals surface area contributed by atoms with Gasteiger partial charge >= 0.3 is 6.09 Å². The zero-order valence-corrected chi connectivity index (χ0v) is 26.0. The Morgan fingerprint density at radius 3 is 2.38 bits per heavy atom. The lowest BCUT2D eigenvalue weighted by Gasteiger charge is -2.34. The third-order valence-corrected chi connectivity index (χ3v) is 7.54. The summed E-state index contributed by atoms with van der Waals surface area (Å²) in [6.45, 7) is 7.23. The number of benzene rings is 3. The van der Waals surface area contributed by atoms with Gasteiger partial charge in [-0.25, -0.2) is 14.2 Å². The number of carbonyl (C=O) groups is 1. The molecule has 4 aromatic rings. The predicted octanol–water partition coefficient (Wildman–Crippen LogP) is 7.51. The molecule has 1 saturated heterocycles. The van der Waals surface area contributed by atoms with Crippen molar-refractivity contribution >= 4 is 11.9 Å². The van der Waals surface area contributed by atoms with E-state index in [0.29, 0.717) is 36.8 Å². The molecule has 0 bridgehead atoms. The van der Waals surface area contributed by atoms with E-state index in [9.17, 15) is 14.4 Å². The third kappa shape index (κ3) is 7.90. The standard InChI is InChI=1S/C36H37FN4O4/c1-36(2,3)45-35(42)40-28-14-16-41(17-15-28)34-20-29(25-10-11-27(21-38)31(37)18-25)30(22-39-34)26-12-13-32(43-4)33(19-26)44-23-24-8-6-5-7-9-24/h5-13,18-20,22,28H,14-17,23H2,1-4H3,(H,40,42). The second-order valence-corrected chi connectivity index (χ2v) is 11.9. The number of carbonyl (C=O) groups excluding carboxylic acids is 1. The molecule has 232 valence electrons. The van der Waals surface area contributed by atoms with Crippen LogP contribution in [0, 0.1) is 17.1 Å². The van der Waals surface area contributed by atoms with Crippen molar-refractivity contribution in [1.82, 2.24) is 10.3 Å². The van der Waals surface area contributed by atoms with Crippen LogP contribution >= 0.6 is 0 Å². The SMILES string of the molecule is COc1ccc(-c2cnc(N3CCC(NC(=O)OC(C)(C)C)CC3)cc2-c2ccc(C#N)c(F)c2)cc1OCc1ccccc1. The molecule has 5 rings (SSSR count). The minimum absolute atomic E-state index is 0.00364. The average Bonchev–Trinajstić information content (AvgIpc) is 3.03. The van der Waals surface area contributed by atoms with Crippen molar-refractivity contribution in [2.75, 3.05) is 25.1 Å². The molecule has 0 spiro atoms. The number of halogens is 1. The Bertz CT molecular complexity index is 1690. The van der Waals surface area contributed by atoms with E-state index in [-0.39, 0.29) is 11.6 Å². The fraction of sp³-hybridized carbons (Fsp3) is 0.306. The number of nitrogens with zero attached hydrogens (tertiary/aromatic N) is 3. The van der Waals surface area contributed by atoms with E-state index >= 15 is 0 Å². The first kappa shape index (κ1) is 31.3. The van der Waals surface area contributed by atoms with Gasteiger partial charge in [-0.15, -0.1) is 0 Å². The minimum atomic E-state index is -0.588. The monoisotopic (exact) mass is 608 g/mol. The number of amides is 1. The highest BCUT2D eigenvalue weighted by molar-refractivity contribution is 5.85. The normalized spacial score (nSPS) is 13.6. The molecule has 0 saturated carbocycles. The maximum atomic E-state index is 14.9. The molecule has 1 N–H and O–H groups in total. The quantitative estimate of drug-likeness (QED) is 0.221. The maximum Gasteiger partial charge on any atom is 0.407 e. The van der Waals surface area contributed by atoms with Crippen LogP contribution in [0.4, 0.5) is 15.0 Å². The van der Waals surface area contributed by atoms with E-state index in [0.717, 1.165) is 40.9 Å². The lowest BCUT2D eigenvalue weighted by atomic mass is 9.95. The fourth-order valence-electron chi connectivity index (χ4n) is 5.28. The second kappa shape index (κ2) is 13.7. The Morgan fingerprint density at radius 1 is 1.00 bits per heavy atom. The molecule has 0 atom stereocenters. The highest BCUT2D eigenvalue weighted by Gasteiger charge is 2.25. The van der Waals surface area contributed by atoms with Gasteiger partial charge in [0.05, 0.1) is 12.7 Å².